The van der Waals surface area contributed by atoms with Crippen molar-refractivity contribution in [2.45, 2.75) is 28.5 Å². The Morgan fingerprint density at radius 1 is 0.914 bits per heavy atom. The molecule has 0 heterocycles. The second-order valence-electron chi connectivity index (χ2n) is 7.36. The third-order valence-corrected chi connectivity index (χ3v) is 8.72. The van der Waals surface area contributed by atoms with Crippen LogP contribution in [0.1, 0.15) is 12.5 Å². The molecule has 0 spiro atoms. The summed E-state index contributed by atoms with van der Waals surface area (Å²) >= 11 is 0. The fourth-order valence-electron chi connectivity index (χ4n) is 3.33. The van der Waals surface area contributed by atoms with E-state index in [4.69, 9.17) is 10.5 Å². The number of nitrogens with zero attached hydrogens (tertiary/aromatic N) is 2. The number of rotatable bonds is 7. The third kappa shape index (κ3) is 5.28. The van der Waals surface area contributed by atoms with Gasteiger partial charge in [-0.2, -0.15) is 16.8 Å². The van der Waals surface area contributed by atoms with E-state index in [0.717, 1.165) is 18.2 Å². The summed E-state index contributed by atoms with van der Waals surface area (Å²) in [5, 5.41) is 8.19. The number of hydrogen-bond donors (Lipinski definition) is 3. The van der Waals surface area contributed by atoms with Crippen LogP contribution < -0.4 is 10.5 Å². The van der Waals surface area contributed by atoms with Gasteiger partial charge in [0, 0.05) is 11.5 Å². The molecule has 0 aliphatic rings. The Bertz CT molecular complexity index is 1700. The van der Waals surface area contributed by atoms with E-state index in [0.29, 0.717) is 5.56 Å². The topological polar surface area (TPSA) is 203 Å². The lowest BCUT2D eigenvalue weighted by molar-refractivity contribution is 0.414. The van der Waals surface area contributed by atoms with Crippen molar-refractivity contribution < 1.29 is 39.1 Å². The van der Waals surface area contributed by atoms with Gasteiger partial charge in [-0.3, -0.25) is 9.11 Å². The van der Waals surface area contributed by atoms with Crippen LogP contribution in [0.4, 0.5) is 17.1 Å². The normalized spacial score (nSPS) is 12.9. The van der Waals surface area contributed by atoms with Gasteiger partial charge in [0.2, 0.25) is 0 Å². The summed E-state index contributed by atoms with van der Waals surface area (Å²) in [6, 6.07) is 6.90. The molecule has 35 heavy (non-hydrogen) atoms. The molecular formula is C20H21N3O9S3. The number of ether oxygens (including phenoxy) is 1. The van der Waals surface area contributed by atoms with Gasteiger partial charge in [-0.1, -0.05) is 13.0 Å². The summed E-state index contributed by atoms with van der Waals surface area (Å²) in [6.45, 7) is 3.05. The first-order chi connectivity index (χ1) is 16.1. The molecule has 0 unspecified atom stereocenters. The van der Waals surface area contributed by atoms with E-state index in [-0.39, 0.29) is 38.5 Å². The average molecular weight is 544 g/mol. The lowest BCUT2D eigenvalue weighted by atomic mass is 10.1. The number of aryl methyl sites for hydroxylation is 1. The average Bonchev–Trinajstić information content (AvgIpc) is 2.76. The predicted molar refractivity (Wildman–Crippen MR) is 128 cm³/mol. The fraction of sp³-hybridized carbons (Fsp3) is 0.200. The van der Waals surface area contributed by atoms with E-state index in [1.54, 1.807) is 6.92 Å². The highest BCUT2D eigenvalue weighted by Gasteiger charge is 2.22. The number of fused-ring (bicyclic) bond motifs is 1. The van der Waals surface area contributed by atoms with E-state index in [1.807, 2.05) is 0 Å². The number of hydrogen-bond acceptors (Lipinski definition) is 10. The summed E-state index contributed by atoms with van der Waals surface area (Å²) in [6.07, 6.45) is 0. The lowest BCUT2D eigenvalue weighted by Gasteiger charge is -2.12. The number of azo groups is 1. The van der Waals surface area contributed by atoms with Gasteiger partial charge in [0.1, 0.15) is 22.0 Å². The number of nitrogen functional groups attached to an aromatic ring is 1. The SMILES string of the molecule is CCS(=O)(=O)c1cc(OC)c(/N=N/c2c(N)c(S(=O)(=O)O)cc3cc(S(=O)(=O)O)ccc23)cc1C. The maximum absolute atomic E-state index is 12.3. The molecule has 188 valence electrons. The minimum absolute atomic E-state index is 0.0246. The molecule has 0 saturated heterocycles. The Morgan fingerprint density at radius 2 is 1.57 bits per heavy atom. The molecule has 3 rings (SSSR count). The molecule has 0 amide bonds. The van der Waals surface area contributed by atoms with Crippen LogP contribution in [0.2, 0.25) is 0 Å². The maximum Gasteiger partial charge on any atom is 0.296 e. The van der Waals surface area contributed by atoms with Crippen molar-refractivity contribution >= 4 is 57.9 Å². The molecule has 4 N–H and O–H groups in total. The molecule has 12 nitrogen and oxygen atoms in total. The predicted octanol–water partition coefficient (Wildman–Crippen LogP) is 3.44. The molecule has 0 aliphatic heterocycles. The number of sulfone groups is 1. The van der Waals surface area contributed by atoms with Crippen LogP contribution in [0.25, 0.3) is 10.8 Å². The van der Waals surface area contributed by atoms with Crippen LogP contribution in [0.15, 0.2) is 61.3 Å². The molecular weight excluding hydrogens is 522 g/mol. The Hall–Kier alpha value is -3.11. The highest BCUT2D eigenvalue weighted by Crippen LogP contribution is 2.41. The smallest absolute Gasteiger partial charge is 0.296 e. The van der Waals surface area contributed by atoms with Crippen LogP contribution >= 0.6 is 0 Å². The molecule has 3 aromatic carbocycles. The molecule has 0 bridgehead atoms. The van der Waals surface area contributed by atoms with Gasteiger partial charge in [-0.25, -0.2) is 8.42 Å². The zero-order valence-electron chi connectivity index (χ0n) is 18.6. The summed E-state index contributed by atoms with van der Waals surface area (Å²) < 4.78 is 95.6. The van der Waals surface area contributed by atoms with Crippen LogP contribution in [0, 0.1) is 6.92 Å². The molecule has 3 aromatic rings. The van der Waals surface area contributed by atoms with Gasteiger partial charge in [0.15, 0.2) is 9.84 Å². The van der Waals surface area contributed by atoms with Gasteiger partial charge >= 0.3 is 0 Å². The zero-order valence-corrected chi connectivity index (χ0v) is 21.1. The molecule has 0 aliphatic carbocycles. The largest absolute Gasteiger partial charge is 0.494 e. The van der Waals surface area contributed by atoms with E-state index >= 15 is 0 Å². The van der Waals surface area contributed by atoms with Crippen LogP contribution in [0.5, 0.6) is 5.75 Å². The van der Waals surface area contributed by atoms with Crippen molar-refractivity contribution in [3.63, 3.8) is 0 Å². The quantitative estimate of drug-likeness (QED) is 0.225. The molecule has 0 fully saturated rings. The van der Waals surface area contributed by atoms with Gasteiger partial charge in [0.25, 0.3) is 20.2 Å². The number of benzene rings is 3. The Morgan fingerprint density at radius 3 is 2.11 bits per heavy atom. The lowest BCUT2D eigenvalue weighted by Crippen LogP contribution is -2.06. The fourth-order valence-corrected chi connectivity index (χ4v) is 5.64. The number of methoxy groups -OCH3 is 1. The van der Waals surface area contributed by atoms with Crippen LogP contribution in [0.3, 0.4) is 0 Å². The highest BCUT2D eigenvalue weighted by molar-refractivity contribution is 7.91. The Kier molecular flexibility index (Phi) is 6.93. The van der Waals surface area contributed by atoms with E-state index in [1.165, 1.54) is 32.2 Å². The van der Waals surface area contributed by atoms with Crippen LogP contribution in [-0.2, 0) is 30.1 Å². The van der Waals surface area contributed by atoms with Crippen molar-refractivity contribution in [1.29, 1.82) is 0 Å². The second kappa shape index (κ2) is 9.16. The summed E-state index contributed by atoms with van der Waals surface area (Å²) in [7, 11) is -11.7. The van der Waals surface area contributed by atoms with E-state index < -0.39 is 45.6 Å². The molecule has 15 heteroatoms. The highest BCUT2D eigenvalue weighted by atomic mass is 32.2. The van der Waals surface area contributed by atoms with Crippen molar-refractivity contribution in [3.05, 3.63) is 42.0 Å². The standard InChI is InChI=1S/C20H21N3O9S3/c1-4-33(24,25)17-10-16(32-3)15(7-11(17)2)22-23-20-14-6-5-13(34(26,27)28)8-12(14)9-18(19(20)21)35(29,30)31/h5-10H,4,21H2,1-3H3,(H,26,27,28)(H,29,30,31)/b23-22+. The van der Waals surface area contributed by atoms with Crippen LogP contribution in [-0.4, -0.2) is 47.2 Å². The van der Waals surface area contributed by atoms with Gasteiger partial charge in [-0.05, 0) is 42.1 Å². The second-order valence-corrected chi connectivity index (χ2v) is 12.4. The van der Waals surface area contributed by atoms with Crippen molar-refractivity contribution in [2.24, 2.45) is 10.2 Å². The maximum atomic E-state index is 12.3. The molecule has 0 atom stereocenters. The number of anilines is 1. The first-order valence-electron chi connectivity index (χ1n) is 9.74. The monoisotopic (exact) mass is 543 g/mol. The van der Waals surface area contributed by atoms with E-state index in [2.05, 4.69) is 10.2 Å². The Labute approximate surface area is 201 Å². The third-order valence-electron chi connectivity index (χ3n) is 5.11. The van der Waals surface area contributed by atoms with Gasteiger partial charge in [0.05, 0.1) is 28.3 Å². The van der Waals surface area contributed by atoms with E-state index in [9.17, 15) is 34.4 Å². The minimum atomic E-state index is -4.85. The zero-order chi connectivity index (χ0) is 26.3. The van der Waals surface area contributed by atoms with Crippen molar-refractivity contribution in [3.8, 4) is 5.75 Å². The van der Waals surface area contributed by atoms with Crippen molar-refractivity contribution in [2.75, 3.05) is 18.6 Å². The van der Waals surface area contributed by atoms with Gasteiger partial charge < -0.3 is 10.5 Å². The molecule has 0 radical (unpaired) electrons. The van der Waals surface area contributed by atoms with Gasteiger partial charge in [-0.15, -0.1) is 10.2 Å². The summed E-state index contributed by atoms with van der Waals surface area (Å²) in [5.41, 5.74) is 5.72. The molecule has 0 saturated carbocycles. The summed E-state index contributed by atoms with van der Waals surface area (Å²) in [5.74, 6) is -0.0669. The minimum Gasteiger partial charge on any atom is -0.494 e. The first kappa shape index (κ1) is 26.5. The first-order valence-corrected chi connectivity index (χ1v) is 14.3. The molecule has 0 aromatic heterocycles. The number of nitrogens with two attached hydrogens (primary N) is 1. The van der Waals surface area contributed by atoms with Crippen molar-refractivity contribution in [1.82, 2.24) is 0 Å². The Balaban J connectivity index is 2.30. The summed E-state index contributed by atoms with van der Waals surface area (Å²) in [4.78, 5) is -1.23.